The Bertz CT molecular complexity index is 731. The highest BCUT2D eigenvalue weighted by molar-refractivity contribution is 6.04. The fraction of sp³-hybridized carbons (Fsp3) is 0.0667. The van der Waals surface area contributed by atoms with Crippen LogP contribution in [-0.4, -0.2) is 15.9 Å². The molecule has 0 aliphatic carbocycles. The van der Waals surface area contributed by atoms with Crippen LogP contribution in [0.4, 0.5) is 5.69 Å². The van der Waals surface area contributed by atoms with Crippen molar-refractivity contribution < 1.29 is 4.79 Å². The first-order chi connectivity index (χ1) is 9.22. The number of carbonyl (C=O) groups is 1. The van der Waals surface area contributed by atoms with E-state index in [1.165, 1.54) is 0 Å². The van der Waals surface area contributed by atoms with E-state index in [0.29, 0.717) is 5.56 Å². The Morgan fingerprint density at radius 3 is 2.95 bits per heavy atom. The van der Waals surface area contributed by atoms with Crippen molar-refractivity contribution in [3.63, 3.8) is 0 Å². The highest BCUT2D eigenvalue weighted by Gasteiger charge is 2.06. The number of nitrogens with zero attached hydrogens (tertiary/aromatic N) is 1. The molecule has 0 aliphatic rings. The van der Waals surface area contributed by atoms with Crippen molar-refractivity contribution in [3.8, 4) is 0 Å². The zero-order valence-electron chi connectivity index (χ0n) is 10.5. The first kappa shape index (κ1) is 11.5. The molecule has 94 valence electrons. The molecule has 4 heteroatoms. The number of aromatic amines is 1. The van der Waals surface area contributed by atoms with Gasteiger partial charge in [-0.1, -0.05) is 0 Å². The van der Waals surface area contributed by atoms with Crippen LogP contribution in [0.5, 0.6) is 0 Å². The Morgan fingerprint density at radius 1 is 1.26 bits per heavy atom. The molecule has 0 saturated carbocycles. The average Bonchev–Trinajstić information content (AvgIpc) is 2.79. The largest absolute Gasteiger partial charge is 0.359 e. The number of aromatic nitrogens is 2. The molecule has 3 aromatic rings. The number of aryl methyl sites for hydroxylation is 1. The zero-order valence-corrected chi connectivity index (χ0v) is 10.5. The van der Waals surface area contributed by atoms with E-state index in [1.807, 2.05) is 25.1 Å². The van der Waals surface area contributed by atoms with Crippen LogP contribution in [0.15, 0.2) is 48.8 Å². The first-order valence-corrected chi connectivity index (χ1v) is 6.03. The summed E-state index contributed by atoms with van der Waals surface area (Å²) in [5.74, 6) is -0.153. The van der Waals surface area contributed by atoms with E-state index in [-0.39, 0.29) is 5.91 Å². The third-order valence-electron chi connectivity index (χ3n) is 2.94. The Balaban J connectivity index is 1.87. The third-order valence-corrected chi connectivity index (χ3v) is 2.94. The second-order valence-corrected chi connectivity index (χ2v) is 4.45. The molecule has 2 N–H and O–H groups in total. The maximum absolute atomic E-state index is 12.0. The first-order valence-electron chi connectivity index (χ1n) is 6.03. The summed E-state index contributed by atoms with van der Waals surface area (Å²) in [6.07, 6.45) is 3.19. The van der Waals surface area contributed by atoms with Crippen molar-refractivity contribution in [2.24, 2.45) is 0 Å². The Labute approximate surface area is 110 Å². The number of carbonyl (C=O) groups excluding carboxylic acids is 1. The van der Waals surface area contributed by atoms with Gasteiger partial charge in [0.05, 0.1) is 5.56 Å². The SMILES string of the molecule is Cc1cc2cc(NC(=O)c3cccnc3)ccc2[nH]1. The second-order valence-electron chi connectivity index (χ2n) is 4.45. The number of pyridine rings is 1. The fourth-order valence-corrected chi connectivity index (χ4v) is 2.06. The van der Waals surface area contributed by atoms with Crippen LogP contribution in [0.25, 0.3) is 10.9 Å². The number of rotatable bonds is 2. The molecular formula is C15H13N3O. The molecule has 0 bridgehead atoms. The molecule has 4 nitrogen and oxygen atoms in total. The number of nitrogens with one attached hydrogen (secondary N) is 2. The lowest BCUT2D eigenvalue weighted by Crippen LogP contribution is -2.11. The summed E-state index contributed by atoms with van der Waals surface area (Å²) in [5, 5.41) is 3.95. The summed E-state index contributed by atoms with van der Waals surface area (Å²) < 4.78 is 0. The molecule has 2 aromatic heterocycles. The van der Waals surface area contributed by atoms with Crippen LogP contribution in [-0.2, 0) is 0 Å². The van der Waals surface area contributed by atoms with E-state index in [2.05, 4.69) is 21.4 Å². The average molecular weight is 251 g/mol. The topological polar surface area (TPSA) is 57.8 Å². The number of fused-ring (bicyclic) bond motifs is 1. The van der Waals surface area contributed by atoms with E-state index in [4.69, 9.17) is 0 Å². The lowest BCUT2D eigenvalue weighted by Gasteiger charge is -2.04. The maximum Gasteiger partial charge on any atom is 0.257 e. The van der Waals surface area contributed by atoms with Gasteiger partial charge in [0.1, 0.15) is 0 Å². The minimum absolute atomic E-state index is 0.153. The number of H-pyrrole nitrogens is 1. The molecule has 0 saturated heterocycles. The fourth-order valence-electron chi connectivity index (χ4n) is 2.06. The predicted molar refractivity (Wildman–Crippen MR) is 75.2 cm³/mol. The third kappa shape index (κ3) is 2.33. The number of hydrogen-bond acceptors (Lipinski definition) is 2. The molecule has 0 aliphatic heterocycles. The van der Waals surface area contributed by atoms with E-state index in [0.717, 1.165) is 22.3 Å². The van der Waals surface area contributed by atoms with Gasteiger partial charge in [-0.2, -0.15) is 0 Å². The van der Waals surface area contributed by atoms with E-state index >= 15 is 0 Å². The van der Waals surface area contributed by atoms with Gasteiger partial charge in [0.15, 0.2) is 0 Å². The minimum atomic E-state index is -0.153. The van der Waals surface area contributed by atoms with Gasteiger partial charge >= 0.3 is 0 Å². The summed E-state index contributed by atoms with van der Waals surface area (Å²) >= 11 is 0. The van der Waals surface area contributed by atoms with Crippen LogP contribution in [0.2, 0.25) is 0 Å². The Hall–Kier alpha value is -2.62. The Kier molecular flexibility index (Phi) is 2.76. The van der Waals surface area contributed by atoms with Crippen LogP contribution >= 0.6 is 0 Å². The molecule has 1 amide bonds. The molecule has 0 atom stereocenters. The number of hydrogen-bond donors (Lipinski definition) is 2. The molecule has 3 rings (SSSR count). The molecule has 0 spiro atoms. The van der Waals surface area contributed by atoms with Crippen molar-refractivity contribution in [3.05, 3.63) is 60.0 Å². The Morgan fingerprint density at radius 2 is 2.16 bits per heavy atom. The summed E-state index contributed by atoms with van der Waals surface area (Å²) in [5.41, 5.74) is 3.50. The normalized spacial score (nSPS) is 10.6. The number of benzene rings is 1. The lowest BCUT2D eigenvalue weighted by atomic mass is 10.2. The van der Waals surface area contributed by atoms with Crippen LogP contribution in [0.1, 0.15) is 16.1 Å². The monoisotopic (exact) mass is 251 g/mol. The van der Waals surface area contributed by atoms with Crippen molar-refractivity contribution >= 4 is 22.5 Å². The van der Waals surface area contributed by atoms with Gasteiger partial charge in [-0.05, 0) is 43.3 Å². The van der Waals surface area contributed by atoms with Crippen molar-refractivity contribution in [2.45, 2.75) is 6.92 Å². The van der Waals surface area contributed by atoms with E-state index in [9.17, 15) is 4.79 Å². The van der Waals surface area contributed by atoms with Gasteiger partial charge < -0.3 is 10.3 Å². The highest BCUT2D eigenvalue weighted by atomic mass is 16.1. The maximum atomic E-state index is 12.0. The molecule has 2 heterocycles. The minimum Gasteiger partial charge on any atom is -0.359 e. The van der Waals surface area contributed by atoms with Crippen LogP contribution in [0, 0.1) is 6.92 Å². The predicted octanol–water partition coefficient (Wildman–Crippen LogP) is 3.12. The molecule has 1 aromatic carbocycles. The summed E-state index contributed by atoms with van der Waals surface area (Å²) in [6, 6.07) is 11.3. The smallest absolute Gasteiger partial charge is 0.257 e. The zero-order chi connectivity index (χ0) is 13.2. The van der Waals surface area contributed by atoms with Crippen molar-refractivity contribution in [1.29, 1.82) is 0 Å². The number of anilines is 1. The summed E-state index contributed by atoms with van der Waals surface area (Å²) in [7, 11) is 0. The van der Waals surface area contributed by atoms with Gasteiger partial charge in [-0.25, -0.2) is 0 Å². The summed E-state index contributed by atoms with van der Waals surface area (Å²) in [4.78, 5) is 19.2. The van der Waals surface area contributed by atoms with Crippen molar-refractivity contribution in [2.75, 3.05) is 5.32 Å². The van der Waals surface area contributed by atoms with Crippen LogP contribution in [0.3, 0.4) is 0 Å². The molecule has 0 radical (unpaired) electrons. The van der Waals surface area contributed by atoms with Gasteiger partial charge in [0, 0.05) is 34.7 Å². The second kappa shape index (κ2) is 4.57. The van der Waals surface area contributed by atoms with Gasteiger partial charge in [0.2, 0.25) is 0 Å². The highest BCUT2D eigenvalue weighted by Crippen LogP contribution is 2.20. The van der Waals surface area contributed by atoms with Gasteiger partial charge in [0.25, 0.3) is 5.91 Å². The van der Waals surface area contributed by atoms with Crippen LogP contribution < -0.4 is 5.32 Å². The quantitative estimate of drug-likeness (QED) is 0.735. The van der Waals surface area contributed by atoms with E-state index in [1.54, 1.807) is 24.5 Å². The molecule has 0 unspecified atom stereocenters. The summed E-state index contributed by atoms with van der Waals surface area (Å²) in [6.45, 7) is 2.01. The van der Waals surface area contributed by atoms with E-state index < -0.39 is 0 Å². The molecule has 0 fully saturated rings. The standard InChI is InChI=1S/C15H13N3O/c1-10-7-12-8-13(4-5-14(12)17-10)18-15(19)11-3-2-6-16-9-11/h2-9,17H,1H3,(H,18,19). The van der Waals surface area contributed by atoms with Crippen molar-refractivity contribution in [1.82, 2.24) is 9.97 Å². The molecular weight excluding hydrogens is 238 g/mol. The number of amides is 1. The molecule has 19 heavy (non-hydrogen) atoms. The van der Waals surface area contributed by atoms with Gasteiger partial charge in [-0.3, -0.25) is 9.78 Å². The van der Waals surface area contributed by atoms with Gasteiger partial charge in [-0.15, -0.1) is 0 Å². The lowest BCUT2D eigenvalue weighted by molar-refractivity contribution is 0.102.